The maximum Gasteiger partial charge on any atom is 0.416 e. The van der Waals surface area contributed by atoms with E-state index in [1.165, 1.54) is 12.1 Å². The van der Waals surface area contributed by atoms with Gasteiger partial charge in [0.05, 0.1) is 12.0 Å². The lowest BCUT2D eigenvalue weighted by molar-refractivity contribution is -0.137. The fourth-order valence-electron chi connectivity index (χ4n) is 2.16. The highest BCUT2D eigenvalue weighted by atomic mass is 19.4. The first-order chi connectivity index (χ1) is 9.43. The van der Waals surface area contributed by atoms with Crippen molar-refractivity contribution < 1.29 is 22.7 Å². The summed E-state index contributed by atoms with van der Waals surface area (Å²) in [5.41, 5.74) is 1.50. The second-order valence-electron chi connectivity index (χ2n) is 4.55. The molecule has 3 rings (SSSR count). The largest absolute Gasteiger partial charge is 0.426 e. The molecule has 1 aliphatic heterocycles. The van der Waals surface area contributed by atoms with Crippen LogP contribution in [0.3, 0.4) is 0 Å². The Morgan fingerprint density at radius 1 is 0.950 bits per heavy atom. The predicted molar refractivity (Wildman–Crippen MR) is 66.2 cm³/mol. The average molecular weight is 278 g/mol. The van der Waals surface area contributed by atoms with Gasteiger partial charge in [0.25, 0.3) is 0 Å². The number of rotatable bonds is 1. The Labute approximate surface area is 112 Å². The van der Waals surface area contributed by atoms with Crippen molar-refractivity contribution in [1.29, 1.82) is 0 Å². The zero-order valence-corrected chi connectivity index (χ0v) is 10.2. The second-order valence-corrected chi connectivity index (χ2v) is 4.55. The van der Waals surface area contributed by atoms with Gasteiger partial charge in [-0.3, -0.25) is 4.79 Å². The summed E-state index contributed by atoms with van der Waals surface area (Å²) in [5, 5.41) is 0. The van der Waals surface area contributed by atoms with E-state index in [9.17, 15) is 18.0 Å². The molecule has 5 heteroatoms. The van der Waals surface area contributed by atoms with Gasteiger partial charge in [-0.25, -0.2) is 0 Å². The lowest BCUT2D eigenvalue weighted by atomic mass is 10.0. The monoisotopic (exact) mass is 278 g/mol. The number of benzene rings is 2. The third-order valence-electron chi connectivity index (χ3n) is 3.16. The number of halogens is 3. The Morgan fingerprint density at radius 2 is 1.60 bits per heavy atom. The van der Waals surface area contributed by atoms with Crippen molar-refractivity contribution in [2.45, 2.75) is 12.6 Å². The number of fused-ring (bicyclic) bond motifs is 1. The van der Waals surface area contributed by atoms with Gasteiger partial charge in [0.1, 0.15) is 5.75 Å². The molecular weight excluding hydrogens is 269 g/mol. The van der Waals surface area contributed by atoms with E-state index in [1.54, 1.807) is 18.2 Å². The molecule has 102 valence electrons. The van der Waals surface area contributed by atoms with Gasteiger partial charge in [0.2, 0.25) is 0 Å². The summed E-state index contributed by atoms with van der Waals surface area (Å²) in [4.78, 5) is 11.2. The van der Waals surface area contributed by atoms with Crippen molar-refractivity contribution in [3.8, 4) is 16.9 Å². The number of ether oxygens (including phenoxy) is 1. The lowest BCUT2D eigenvalue weighted by Gasteiger charge is -2.08. The van der Waals surface area contributed by atoms with E-state index in [0.717, 1.165) is 23.3 Å². The first kappa shape index (κ1) is 12.7. The molecule has 0 fully saturated rings. The predicted octanol–water partition coefficient (Wildman–Crippen LogP) is 3.83. The molecule has 0 aromatic heterocycles. The number of hydrogen-bond donors (Lipinski definition) is 0. The SMILES string of the molecule is O=C1Cc2cc(-c3ccc(C(F)(F)F)cc3)ccc2O1. The van der Waals surface area contributed by atoms with Gasteiger partial charge in [0, 0.05) is 5.56 Å². The van der Waals surface area contributed by atoms with Gasteiger partial charge in [-0.1, -0.05) is 18.2 Å². The molecule has 0 unspecified atom stereocenters. The Hall–Kier alpha value is -2.30. The van der Waals surface area contributed by atoms with Crippen LogP contribution in [0.25, 0.3) is 11.1 Å². The van der Waals surface area contributed by atoms with Crippen LogP contribution in [0.15, 0.2) is 42.5 Å². The Morgan fingerprint density at radius 3 is 2.25 bits per heavy atom. The molecule has 0 bridgehead atoms. The Balaban J connectivity index is 1.94. The van der Waals surface area contributed by atoms with Crippen LogP contribution in [0.5, 0.6) is 5.75 Å². The molecule has 0 N–H and O–H groups in total. The number of hydrogen-bond acceptors (Lipinski definition) is 2. The standard InChI is InChI=1S/C15H9F3O2/c16-15(17,18)12-4-1-9(2-5-12)10-3-6-13-11(7-10)8-14(19)20-13/h1-7H,8H2. The summed E-state index contributed by atoms with van der Waals surface area (Å²) in [6.45, 7) is 0. The molecule has 1 aliphatic rings. The van der Waals surface area contributed by atoms with Crippen LogP contribution in [0.1, 0.15) is 11.1 Å². The lowest BCUT2D eigenvalue weighted by Crippen LogP contribution is -2.03. The maximum atomic E-state index is 12.5. The van der Waals surface area contributed by atoms with E-state index in [-0.39, 0.29) is 12.4 Å². The van der Waals surface area contributed by atoms with Crippen molar-refractivity contribution >= 4 is 5.97 Å². The minimum atomic E-state index is -4.34. The third kappa shape index (κ3) is 2.27. The second kappa shape index (κ2) is 4.37. The smallest absolute Gasteiger partial charge is 0.416 e. The van der Waals surface area contributed by atoms with E-state index in [4.69, 9.17) is 4.74 Å². The molecule has 0 radical (unpaired) electrons. The van der Waals surface area contributed by atoms with Crippen LogP contribution >= 0.6 is 0 Å². The fraction of sp³-hybridized carbons (Fsp3) is 0.133. The van der Waals surface area contributed by atoms with Crippen molar-refractivity contribution in [2.75, 3.05) is 0 Å². The van der Waals surface area contributed by atoms with E-state index < -0.39 is 11.7 Å². The summed E-state index contributed by atoms with van der Waals surface area (Å²) in [5.74, 6) is 0.204. The van der Waals surface area contributed by atoms with Crippen LogP contribution in [0.2, 0.25) is 0 Å². The minimum Gasteiger partial charge on any atom is -0.426 e. The van der Waals surface area contributed by atoms with E-state index in [1.807, 2.05) is 0 Å². The molecule has 0 saturated heterocycles. The molecule has 20 heavy (non-hydrogen) atoms. The van der Waals surface area contributed by atoms with Gasteiger partial charge in [0.15, 0.2) is 0 Å². The van der Waals surface area contributed by atoms with Crippen LogP contribution in [-0.4, -0.2) is 5.97 Å². The van der Waals surface area contributed by atoms with Gasteiger partial charge >= 0.3 is 12.1 Å². The van der Waals surface area contributed by atoms with Crippen LogP contribution in [-0.2, 0) is 17.4 Å². The van der Waals surface area contributed by atoms with Gasteiger partial charge in [-0.2, -0.15) is 13.2 Å². The zero-order chi connectivity index (χ0) is 14.3. The highest BCUT2D eigenvalue weighted by Gasteiger charge is 2.30. The summed E-state index contributed by atoms with van der Waals surface area (Å²) < 4.78 is 42.4. The summed E-state index contributed by atoms with van der Waals surface area (Å²) in [6.07, 6.45) is -4.14. The van der Waals surface area contributed by atoms with Crippen LogP contribution < -0.4 is 4.74 Å². The first-order valence-electron chi connectivity index (χ1n) is 5.95. The van der Waals surface area contributed by atoms with Gasteiger partial charge in [-0.15, -0.1) is 0 Å². The van der Waals surface area contributed by atoms with Gasteiger partial charge in [-0.05, 0) is 35.4 Å². The van der Waals surface area contributed by atoms with Gasteiger partial charge < -0.3 is 4.74 Å². The highest BCUT2D eigenvalue weighted by Crippen LogP contribution is 2.33. The highest BCUT2D eigenvalue weighted by molar-refractivity contribution is 5.82. The van der Waals surface area contributed by atoms with Crippen molar-refractivity contribution in [2.24, 2.45) is 0 Å². The molecule has 2 aromatic carbocycles. The van der Waals surface area contributed by atoms with E-state index in [2.05, 4.69) is 0 Å². The van der Waals surface area contributed by atoms with E-state index in [0.29, 0.717) is 11.3 Å². The Kier molecular flexibility index (Phi) is 2.78. The molecule has 0 atom stereocenters. The topological polar surface area (TPSA) is 26.3 Å². The van der Waals surface area contributed by atoms with Crippen molar-refractivity contribution in [3.63, 3.8) is 0 Å². The quantitative estimate of drug-likeness (QED) is 0.585. The minimum absolute atomic E-state index is 0.198. The number of carbonyl (C=O) groups excluding carboxylic acids is 1. The number of alkyl halides is 3. The molecule has 0 aliphatic carbocycles. The molecule has 0 amide bonds. The molecule has 1 heterocycles. The normalized spacial score (nSPS) is 14.1. The number of carbonyl (C=O) groups is 1. The summed E-state index contributed by atoms with van der Waals surface area (Å²) in [6, 6.07) is 10.1. The van der Waals surface area contributed by atoms with Crippen molar-refractivity contribution in [3.05, 3.63) is 53.6 Å². The third-order valence-corrected chi connectivity index (χ3v) is 3.16. The Bertz CT molecular complexity index is 673. The molecule has 2 aromatic rings. The molecular formula is C15H9F3O2. The maximum absolute atomic E-state index is 12.5. The van der Waals surface area contributed by atoms with Crippen LogP contribution in [0, 0.1) is 0 Å². The first-order valence-corrected chi connectivity index (χ1v) is 5.95. The molecule has 0 spiro atoms. The summed E-state index contributed by atoms with van der Waals surface area (Å²) >= 11 is 0. The summed E-state index contributed by atoms with van der Waals surface area (Å²) in [7, 11) is 0. The molecule has 0 saturated carbocycles. The number of esters is 1. The van der Waals surface area contributed by atoms with Crippen LogP contribution in [0.4, 0.5) is 13.2 Å². The fourth-order valence-corrected chi connectivity index (χ4v) is 2.16. The zero-order valence-electron chi connectivity index (χ0n) is 10.2. The molecule has 2 nitrogen and oxygen atoms in total. The van der Waals surface area contributed by atoms with Crippen molar-refractivity contribution in [1.82, 2.24) is 0 Å². The average Bonchev–Trinajstić information content (AvgIpc) is 2.77. The van der Waals surface area contributed by atoms with E-state index >= 15 is 0 Å².